The summed E-state index contributed by atoms with van der Waals surface area (Å²) in [5.74, 6) is -2.61. The van der Waals surface area contributed by atoms with Gasteiger partial charge in [0.1, 0.15) is 0 Å². The molecule has 0 aliphatic heterocycles. The molecule has 36 heavy (non-hydrogen) atoms. The van der Waals surface area contributed by atoms with Gasteiger partial charge in [0.05, 0.1) is 27.5 Å². The van der Waals surface area contributed by atoms with Crippen LogP contribution in [0.5, 0.6) is 0 Å². The second-order valence-corrected chi connectivity index (χ2v) is 8.14. The Hall–Kier alpha value is -4.24. The van der Waals surface area contributed by atoms with Crippen LogP contribution >= 0.6 is 11.6 Å². The molecule has 0 unspecified atom stereocenters. The van der Waals surface area contributed by atoms with E-state index in [0.29, 0.717) is 38.5 Å². The maximum atomic E-state index is 13.1. The van der Waals surface area contributed by atoms with Crippen molar-refractivity contribution in [3.8, 4) is 11.3 Å². The van der Waals surface area contributed by atoms with Crippen molar-refractivity contribution in [2.75, 3.05) is 5.32 Å². The fourth-order valence-corrected chi connectivity index (χ4v) is 3.66. The SMILES string of the molecule is C/C(=N/NC(=O)c1cc(-c2ccccc2)nc2c(Cl)cccc12)c1cccc(NC(=O)C(F)(F)F)c1. The number of fused-ring (bicyclic) bond motifs is 1. The normalized spacial score (nSPS) is 11.9. The summed E-state index contributed by atoms with van der Waals surface area (Å²) in [6, 6.07) is 21.7. The van der Waals surface area contributed by atoms with Crippen molar-refractivity contribution in [2.45, 2.75) is 13.1 Å². The van der Waals surface area contributed by atoms with Gasteiger partial charge in [0.15, 0.2) is 0 Å². The molecular formula is C26H18ClF3N4O2. The number of rotatable bonds is 5. The molecule has 0 bridgehead atoms. The Balaban J connectivity index is 1.63. The molecule has 1 aromatic heterocycles. The number of pyridine rings is 1. The van der Waals surface area contributed by atoms with Crippen molar-refractivity contribution in [1.82, 2.24) is 10.4 Å². The van der Waals surface area contributed by atoms with Gasteiger partial charge in [-0.1, -0.05) is 66.2 Å². The second kappa shape index (κ2) is 10.2. The molecular weight excluding hydrogens is 493 g/mol. The molecule has 0 aliphatic rings. The second-order valence-electron chi connectivity index (χ2n) is 7.73. The third-order valence-corrected chi connectivity index (χ3v) is 5.53. The first-order valence-electron chi connectivity index (χ1n) is 10.6. The smallest absolute Gasteiger partial charge is 0.318 e. The Kier molecular flexibility index (Phi) is 7.03. The summed E-state index contributed by atoms with van der Waals surface area (Å²) in [5, 5.41) is 6.81. The lowest BCUT2D eigenvalue weighted by Crippen LogP contribution is -2.29. The molecule has 2 amide bonds. The molecule has 4 rings (SSSR count). The number of anilines is 1. The Bertz CT molecular complexity index is 1490. The molecule has 2 N–H and O–H groups in total. The van der Waals surface area contributed by atoms with Crippen LogP contribution in [0.1, 0.15) is 22.8 Å². The molecule has 6 nitrogen and oxygen atoms in total. The Morgan fingerprint density at radius 2 is 1.67 bits per heavy atom. The van der Waals surface area contributed by atoms with Crippen LogP contribution in [-0.2, 0) is 4.79 Å². The molecule has 0 saturated carbocycles. The molecule has 10 heteroatoms. The van der Waals surface area contributed by atoms with Crippen molar-refractivity contribution < 1.29 is 22.8 Å². The molecule has 3 aromatic carbocycles. The van der Waals surface area contributed by atoms with E-state index in [-0.39, 0.29) is 5.69 Å². The number of halogens is 4. The van der Waals surface area contributed by atoms with E-state index in [1.807, 2.05) is 30.3 Å². The minimum Gasteiger partial charge on any atom is -0.318 e. The van der Waals surface area contributed by atoms with E-state index < -0.39 is 18.0 Å². The van der Waals surface area contributed by atoms with Gasteiger partial charge in [-0.2, -0.15) is 18.3 Å². The summed E-state index contributed by atoms with van der Waals surface area (Å²) in [4.78, 5) is 29.0. The van der Waals surface area contributed by atoms with Gasteiger partial charge in [0.25, 0.3) is 5.91 Å². The average molecular weight is 511 g/mol. The Morgan fingerprint density at radius 1 is 0.944 bits per heavy atom. The number of aromatic nitrogens is 1. The predicted octanol–water partition coefficient (Wildman–Crippen LogP) is 6.21. The molecule has 4 aromatic rings. The Labute approximate surface area is 208 Å². The number of para-hydroxylation sites is 1. The third kappa shape index (κ3) is 5.52. The largest absolute Gasteiger partial charge is 0.471 e. The lowest BCUT2D eigenvalue weighted by molar-refractivity contribution is -0.167. The van der Waals surface area contributed by atoms with Crippen LogP contribution in [0.4, 0.5) is 18.9 Å². The summed E-state index contributed by atoms with van der Waals surface area (Å²) in [6.45, 7) is 1.57. The van der Waals surface area contributed by atoms with Crippen molar-refractivity contribution >= 4 is 45.7 Å². The molecule has 0 aliphatic carbocycles. The zero-order chi connectivity index (χ0) is 25.9. The summed E-state index contributed by atoms with van der Waals surface area (Å²) in [5.41, 5.74) is 5.24. The first kappa shape index (κ1) is 24.9. The summed E-state index contributed by atoms with van der Waals surface area (Å²) in [6.07, 6.45) is -5.01. The monoisotopic (exact) mass is 510 g/mol. The predicted molar refractivity (Wildman–Crippen MR) is 133 cm³/mol. The van der Waals surface area contributed by atoms with Crippen LogP contribution in [0.25, 0.3) is 22.2 Å². The van der Waals surface area contributed by atoms with Gasteiger partial charge in [-0.25, -0.2) is 10.4 Å². The zero-order valence-electron chi connectivity index (χ0n) is 18.7. The van der Waals surface area contributed by atoms with E-state index in [1.54, 1.807) is 42.6 Å². The third-order valence-electron chi connectivity index (χ3n) is 5.23. The Morgan fingerprint density at radius 3 is 2.39 bits per heavy atom. The molecule has 1 heterocycles. The van der Waals surface area contributed by atoms with Crippen molar-refractivity contribution in [1.29, 1.82) is 0 Å². The number of hydrazone groups is 1. The highest BCUT2D eigenvalue weighted by Gasteiger charge is 2.38. The van der Waals surface area contributed by atoms with E-state index in [9.17, 15) is 22.8 Å². The van der Waals surface area contributed by atoms with Crippen LogP contribution < -0.4 is 10.7 Å². The molecule has 0 fully saturated rings. The molecule has 0 radical (unpaired) electrons. The van der Waals surface area contributed by atoms with Crippen LogP contribution in [0.15, 0.2) is 84.0 Å². The van der Waals surface area contributed by atoms with E-state index in [4.69, 9.17) is 11.6 Å². The highest BCUT2D eigenvalue weighted by Crippen LogP contribution is 2.29. The fourth-order valence-electron chi connectivity index (χ4n) is 3.44. The molecule has 182 valence electrons. The first-order valence-corrected chi connectivity index (χ1v) is 11.0. The van der Waals surface area contributed by atoms with E-state index >= 15 is 0 Å². The number of carbonyl (C=O) groups is 2. The van der Waals surface area contributed by atoms with Gasteiger partial charge in [-0.15, -0.1) is 0 Å². The van der Waals surface area contributed by atoms with Gasteiger partial charge in [0, 0.05) is 16.6 Å². The van der Waals surface area contributed by atoms with Gasteiger partial charge in [0.2, 0.25) is 0 Å². The van der Waals surface area contributed by atoms with Gasteiger partial charge in [-0.3, -0.25) is 9.59 Å². The number of carbonyl (C=O) groups excluding carboxylic acids is 2. The topological polar surface area (TPSA) is 83.4 Å². The lowest BCUT2D eigenvalue weighted by Gasteiger charge is -2.11. The number of benzene rings is 3. The minimum atomic E-state index is -5.01. The van der Waals surface area contributed by atoms with Crippen molar-refractivity contribution in [3.05, 3.63) is 95.0 Å². The number of amides is 2. The molecule has 0 saturated heterocycles. The van der Waals surface area contributed by atoms with E-state index in [2.05, 4.69) is 15.5 Å². The number of alkyl halides is 3. The average Bonchev–Trinajstić information content (AvgIpc) is 2.87. The quantitative estimate of drug-likeness (QED) is 0.247. The fraction of sp³-hybridized carbons (Fsp3) is 0.0769. The molecule has 0 spiro atoms. The number of nitrogens with zero attached hydrogens (tertiary/aromatic N) is 2. The van der Waals surface area contributed by atoms with Gasteiger partial charge < -0.3 is 5.32 Å². The number of hydrogen-bond acceptors (Lipinski definition) is 4. The maximum absolute atomic E-state index is 13.1. The number of nitrogens with one attached hydrogen (secondary N) is 2. The van der Waals surface area contributed by atoms with Gasteiger partial charge in [-0.05, 0) is 36.8 Å². The standard InChI is InChI=1S/C26H18ClF3N4O2/c1-15(17-9-5-10-18(13-17)31-25(36)26(28,29)30)33-34-24(35)20-14-22(16-7-3-2-4-8-16)32-23-19(20)11-6-12-21(23)27/h2-14H,1H3,(H,31,36)(H,34,35)/b33-15-. The molecule has 0 atom stereocenters. The van der Waals surface area contributed by atoms with Gasteiger partial charge >= 0.3 is 12.1 Å². The van der Waals surface area contributed by atoms with Crippen molar-refractivity contribution in [2.24, 2.45) is 5.10 Å². The van der Waals surface area contributed by atoms with Crippen LogP contribution in [0.2, 0.25) is 5.02 Å². The zero-order valence-corrected chi connectivity index (χ0v) is 19.5. The lowest BCUT2D eigenvalue weighted by atomic mass is 10.0. The van der Waals surface area contributed by atoms with Crippen molar-refractivity contribution in [3.63, 3.8) is 0 Å². The number of hydrogen-bond donors (Lipinski definition) is 2. The minimum absolute atomic E-state index is 0.0574. The van der Waals surface area contributed by atoms with Crippen LogP contribution in [0.3, 0.4) is 0 Å². The maximum Gasteiger partial charge on any atom is 0.471 e. The summed E-state index contributed by atoms with van der Waals surface area (Å²) < 4.78 is 37.6. The van der Waals surface area contributed by atoms with Crippen LogP contribution in [0, 0.1) is 0 Å². The summed E-state index contributed by atoms with van der Waals surface area (Å²) >= 11 is 6.36. The van der Waals surface area contributed by atoms with Crippen LogP contribution in [-0.4, -0.2) is 28.7 Å². The highest BCUT2D eigenvalue weighted by atomic mass is 35.5. The van der Waals surface area contributed by atoms with E-state index in [1.165, 1.54) is 18.2 Å². The summed E-state index contributed by atoms with van der Waals surface area (Å²) in [7, 11) is 0. The highest BCUT2D eigenvalue weighted by molar-refractivity contribution is 6.35. The first-order chi connectivity index (χ1) is 17.1. The van der Waals surface area contributed by atoms with E-state index in [0.717, 1.165) is 5.56 Å².